The fourth-order valence-corrected chi connectivity index (χ4v) is 2.65. The Morgan fingerprint density at radius 1 is 1.47 bits per heavy atom. The van der Waals surface area contributed by atoms with E-state index in [2.05, 4.69) is 15.5 Å². The zero-order chi connectivity index (χ0) is 13.7. The summed E-state index contributed by atoms with van der Waals surface area (Å²) in [6, 6.07) is 0. The van der Waals surface area contributed by atoms with Gasteiger partial charge in [0.1, 0.15) is 0 Å². The maximum Gasteiger partial charge on any atom is 0.306 e. The predicted molar refractivity (Wildman–Crippen MR) is 69.5 cm³/mol. The number of hydrogen-bond donors (Lipinski definition) is 1. The second-order valence-corrected chi connectivity index (χ2v) is 5.54. The molecule has 0 amide bonds. The summed E-state index contributed by atoms with van der Waals surface area (Å²) in [4.78, 5) is 10.8. The van der Waals surface area contributed by atoms with Crippen molar-refractivity contribution in [2.24, 2.45) is 11.8 Å². The van der Waals surface area contributed by atoms with Crippen molar-refractivity contribution >= 4 is 5.97 Å². The summed E-state index contributed by atoms with van der Waals surface area (Å²) in [5.41, 5.74) is 0. The van der Waals surface area contributed by atoms with Crippen molar-refractivity contribution in [2.45, 2.75) is 58.4 Å². The molecule has 0 saturated heterocycles. The SMILES string of the molecule is CC(CCn1nnnc1CCC1CCCC1)C(=O)O. The van der Waals surface area contributed by atoms with E-state index < -0.39 is 5.97 Å². The van der Waals surface area contributed by atoms with E-state index in [4.69, 9.17) is 5.11 Å². The van der Waals surface area contributed by atoms with E-state index in [1.165, 1.54) is 25.7 Å². The fraction of sp³-hybridized carbons (Fsp3) is 0.846. The van der Waals surface area contributed by atoms with Gasteiger partial charge in [0.05, 0.1) is 5.92 Å². The Hall–Kier alpha value is -1.46. The van der Waals surface area contributed by atoms with Gasteiger partial charge >= 0.3 is 5.97 Å². The normalized spacial score (nSPS) is 17.7. The molecule has 1 aliphatic carbocycles. The van der Waals surface area contributed by atoms with Crippen molar-refractivity contribution in [3.63, 3.8) is 0 Å². The van der Waals surface area contributed by atoms with Crippen molar-refractivity contribution in [1.82, 2.24) is 20.2 Å². The fourth-order valence-electron chi connectivity index (χ4n) is 2.65. The lowest BCUT2D eigenvalue weighted by molar-refractivity contribution is -0.141. The molecular formula is C13H22N4O2. The third kappa shape index (κ3) is 4.01. The molecule has 1 N–H and O–H groups in total. The molecule has 1 aliphatic rings. The number of carboxylic acids is 1. The Kier molecular flexibility index (Phi) is 4.87. The standard InChI is InChI=1S/C13H22N4O2/c1-10(13(18)19)8-9-17-12(14-15-16-17)7-6-11-4-2-3-5-11/h10-11H,2-9H2,1H3,(H,18,19). The molecule has 1 fully saturated rings. The van der Waals surface area contributed by atoms with Crippen LogP contribution in [0.25, 0.3) is 0 Å². The van der Waals surface area contributed by atoms with Crippen LogP contribution in [0.5, 0.6) is 0 Å². The minimum Gasteiger partial charge on any atom is -0.481 e. The number of rotatable bonds is 7. The first-order valence-corrected chi connectivity index (χ1v) is 7.14. The van der Waals surface area contributed by atoms with Gasteiger partial charge < -0.3 is 5.11 Å². The summed E-state index contributed by atoms with van der Waals surface area (Å²) in [5, 5.41) is 20.6. The smallest absolute Gasteiger partial charge is 0.306 e. The average Bonchev–Trinajstić information content (AvgIpc) is 3.04. The summed E-state index contributed by atoms with van der Waals surface area (Å²) in [5.74, 6) is 0.597. The molecule has 6 nitrogen and oxygen atoms in total. The lowest BCUT2D eigenvalue weighted by Gasteiger charge is -2.09. The van der Waals surface area contributed by atoms with Gasteiger partial charge in [0.25, 0.3) is 0 Å². The topological polar surface area (TPSA) is 80.9 Å². The highest BCUT2D eigenvalue weighted by molar-refractivity contribution is 5.69. The minimum absolute atomic E-state index is 0.355. The van der Waals surface area contributed by atoms with E-state index >= 15 is 0 Å². The van der Waals surface area contributed by atoms with Crippen LogP contribution in [0, 0.1) is 11.8 Å². The Morgan fingerprint density at radius 3 is 2.89 bits per heavy atom. The molecule has 1 aromatic rings. The molecule has 1 atom stereocenters. The zero-order valence-electron chi connectivity index (χ0n) is 11.5. The maximum absolute atomic E-state index is 10.8. The third-order valence-corrected chi connectivity index (χ3v) is 4.05. The Balaban J connectivity index is 1.81. The average molecular weight is 266 g/mol. The second kappa shape index (κ2) is 6.63. The third-order valence-electron chi connectivity index (χ3n) is 4.05. The minimum atomic E-state index is -0.763. The molecule has 1 aromatic heterocycles. The molecule has 1 heterocycles. The molecule has 2 rings (SSSR count). The number of nitrogens with zero attached hydrogens (tertiary/aromatic N) is 4. The lowest BCUT2D eigenvalue weighted by atomic mass is 10.0. The Morgan fingerprint density at radius 2 is 2.21 bits per heavy atom. The van der Waals surface area contributed by atoms with E-state index in [9.17, 15) is 4.79 Å². The summed E-state index contributed by atoms with van der Waals surface area (Å²) in [6.07, 6.45) is 7.98. The first-order valence-electron chi connectivity index (χ1n) is 7.14. The molecule has 19 heavy (non-hydrogen) atoms. The summed E-state index contributed by atoms with van der Waals surface area (Å²) in [7, 11) is 0. The number of aromatic nitrogens is 4. The van der Waals surface area contributed by atoms with Gasteiger partial charge in [0.15, 0.2) is 5.82 Å². The van der Waals surface area contributed by atoms with Crippen molar-refractivity contribution in [2.75, 3.05) is 0 Å². The molecule has 1 saturated carbocycles. The van der Waals surface area contributed by atoms with Gasteiger partial charge in [0, 0.05) is 13.0 Å². The highest BCUT2D eigenvalue weighted by Crippen LogP contribution is 2.28. The molecule has 0 aromatic carbocycles. The van der Waals surface area contributed by atoms with Crippen LogP contribution in [0.2, 0.25) is 0 Å². The van der Waals surface area contributed by atoms with Crippen LogP contribution in [-0.4, -0.2) is 31.3 Å². The number of carbonyl (C=O) groups is 1. The van der Waals surface area contributed by atoms with Gasteiger partial charge in [-0.15, -0.1) is 5.10 Å². The quantitative estimate of drug-likeness (QED) is 0.815. The van der Waals surface area contributed by atoms with Gasteiger partial charge in [0.2, 0.25) is 0 Å². The van der Waals surface area contributed by atoms with Gasteiger partial charge in [-0.1, -0.05) is 32.6 Å². The molecule has 106 valence electrons. The Labute approximate surface area is 113 Å². The largest absolute Gasteiger partial charge is 0.481 e. The Bertz CT molecular complexity index is 413. The highest BCUT2D eigenvalue weighted by atomic mass is 16.4. The predicted octanol–water partition coefficient (Wildman–Crippen LogP) is 1.91. The van der Waals surface area contributed by atoms with E-state index in [0.29, 0.717) is 13.0 Å². The van der Waals surface area contributed by atoms with Gasteiger partial charge in [-0.2, -0.15) is 0 Å². The van der Waals surface area contributed by atoms with Crippen LogP contribution >= 0.6 is 0 Å². The van der Waals surface area contributed by atoms with E-state index in [0.717, 1.165) is 24.6 Å². The number of aliphatic carboxylic acids is 1. The maximum atomic E-state index is 10.8. The van der Waals surface area contributed by atoms with Crippen molar-refractivity contribution in [1.29, 1.82) is 0 Å². The van der Waals surface area contributed by atoms with E-state index in [-0.39, 0.29) is 5.92 Å². The summed E-state index contributed by atoms with van der Waals surface area (Å²) in [6.45, 7) is 2.30. The van der Waals surface area contributed by atoms with Crippen LogP contribution in [0.1, 0.15) is 51.3 Å². The molecule has 0 radical (unpaired) electrons. The lowest BCUT2D eigenvalue weighted by Crippen LogP contribution is -2.15. The molecule has 0 bridgehead atoms. The number of aryl methyl sites for hydroxylation is 2. The first-order chi connectivity index (χ1) is 9.16. The number of carboxylic acid groups (broad SMARTS) is 1. The van der Waals surface area contributed by atoms with Gasteiger partial charge in [-0.3, -0.25) is 4.79 Å². The monoisotopic (exact) mass is 266 g/mol. The van der Waals surface area contributed by atoms with Crippen LogP contribution in [0.15, 0.2) is 0 Å². The molecule has 1 unspecified atom stereocenters. The molecule has 0 aliphatic heterocycles. The first kappa shape index (κ1) is 14.0. The van der Waals surface area contributed by atoms with Crippen molar-refractivity contribution in [3.8, 4) is 0 Å². The van der Waals surface area contributed by atoms with Crippen molar-refractivity contribution < 1.29 is 9.90 Å². The van der Waals surface area contributed by atoms with Crippen molar-refractivity contribution in [3.05, 3.63) is 5.82 Å². The number of tetrazole rings is 1. The van der Waals surface area contributed by atoms with Crippen LogP contribution in [-0.2, 0) is 17.8 Å². The summed E-state index contributed by atoms with van der Waals surface area (Å²) < 4.78 is 1.76. The van der Waals surface area contributed by atoms with Gasteiger partial charge in [-0.25, -0.2) is 4.68 Å². The highest BCUT2D eigenvalue weighted by Gasteiger charge is 2.17. The van der Waals surface area contributed by atoms with Crippen LogP contribution in [0.3, 0.4) is 0 Å². The molecule has 6 heteroatoms. The van der Waals surface area contributed by atoms with E-state index in [1.807, 2.05) is 0 Å². The van der Waals surface area contributed by atoms with E-state index in [1.54, 1.807) is 11.6 Å². The number of hydrogen-bond acceptors (Lipinski definition) is 4. The molecule has 0 spiro atoms. The van der Waals surface area contributed by atoms with Gasteiger partial charge in [-0.05, 0) is 29.2 Å². The second-order valence-electron chi connectivity index (χ2n) is 5.54. The summed E-state index contributed by atoms with van der Waals surface area (Å²) >= 11 is 0. The van der Waals surface area contributed by atoms with Crippen LogP contribution < -0.4 is 0 Å². The zero-order valence-corrected chi connectivity index (χ0v) is 11.5. The van der Waals surface area contributed by atoms with Crippen LogP contribution in [0.4, 0.5) is 0 Å². The molecular weight excluding hydrogens is 244 g/mol.